The van der Waals surface area contributed by atoms with E-state index >= 15 is 0 Å². The molecule has 54 heavy (non-hydrogen) atoms. The predicted octanol–water partition coefficient (Wildman–Crippen LogP) is 9.58. The molecule has 3 heterocycles. The number of urea groups is 1. The quantitative estimate of drug-likeness (QED) is 0.0902. The average Bonchev–Trinajstić information content (AvgIpc) is 3.18. The molecule has 5 aromatic rings. The van der Waals surface area contributed by atoms with E-state index in [2.05, 4.69) is 73.0 Å². The Bertz CT molecular complexity index is 2210. The topological polar surface area (TPSA) is 88.2 Å². The maximum atomic E-state index is 14.5. The third kappa shape index (κ3) is 7.04. The van der Waals surface area contributed by atoms with Crippen LogP contribution in [0.25, 0.3) is 6.08 Å². The molecule has 4 amide bonds. The fraction of sp³-hybridized carbons (Fsp3) is 0.205. The number of amides is 4. The summed E-state index contributed by atoms with van der Waals surface area (Å²) in [6.45, 7) is 4.44. The Kier molecular flexibility index (Phi) is 10.3. The first-order valence-electron chi connectivity index (χ1n) is 18.1. The molecule has 8 nitrogen and oxygen atoms in total. The molecule has 3 aliphatic rings. The fourth-order valence-corrected chi connectivity index (χ4v) is 8.88. The highest BCUT2D eigenvalue weighted by Gasteiger charge is 2.40. The Balaban J connectivity index is 1.19. The average molecular weight is 895 g/mol. The number of hydrogen-bond donors (Lipinski definition) is 1. The lowest BCUT2D eigenvalue weighted by atomic mass is 9.76. The van der Waals surface area contributed by atoms with Gasteiger partial charge >= 0.3 is 6.03 Å². The normalized spacial score (nSPS) is 18.7. The van der Waals surface area contributed by atoms with Crippen molar-refractivity contribution in [2.75, 3.05) is 29.5 Å². The van der Waals surface area contributed by atoms with Crippen molar-refractivity contribution in [1.82, 2.24) is 5.32 Å². The zero-order valence-corrected chi connectivity index (χ0v) is 33.3. The summed E-state index contributed by atoms with van der Waals surface area (Å²) >= 11 is 5.64. The van der Waals surface area contributed by atoms with Crippen LogP contribution in [-0.4, -0.2) is 37.5 Å². The standard InChI is InChI=1S/C44H37BrIN3O5/c1-2-53-39-23-28(22-38(46)41(39)54-26-27-13-15-31(45)16-14-27)21-37-42(50)47-44(52)49(43(37)51)32-24-35-33(29-9-5-3-6-10-29)17-19-48-20-18-34(36(25-32)40(35)48)30-11-7-4-8-12-30/h3-16,21-25,33-34H,2,17-20,26H2,1H3,(H,47,50,52)/b37-21+/t33-,34-/m1/s1. The maximum Gasteiger partial charge on any atom is 0.335 e. The van der Waals surface area contributed by atoms with Gasteiger partial charge in [-0.2, -0.15) is 0 Å². The number of carbonyl (C=O) groups is 3. The molecule has 1 saturated heterocycles. The first-order valence-corrected chi connectivity index (χ1v) is 19.9. The Morgan fingerprint density at radius 3 is 2.02 bits per heavy atom. The van der Waals surface area contributed by atoms with E-state index in [1.807, 2.05) is 85.8 Å². The summed E-state index contributed by atoms with van der Waals surface area (Å²) in [5.41, 5.74) is 7.56. The number of anilines is 2. The molecule has 0 saturated carbocycles. The second-order valence-electron chi connectivity index (χ2n) is 13.6. The predicted molar refractivity (Wildman–Crippen MR) is 222 cm³/mol. The maximum absolute atomic E-state index is 14.5. The number of carbonyl (C=O) groups excluding carboxylic acids is 3. The molecule has 3 aliphatic heterocycles. The number of imide groups is 2. The second kappa shape index (κ2) is 15.4. The van der Waals surface area contributed by atoms with Crippen LogP contribution in [0, 0.1) is 3.57 Å². The summed E-state index contributed by atoms with van der Waals surface area (Å²) in [7, 11) is 0. The molecule has 272 valence electrons. The van der Waals surface area contributed by atoms with E-state index in [1.54, 1.807) is 6.07 Å². The smallest absolute Gasteiger partial charge is 0.335 e. The van der Waals surface area contributed by atoms with E-state index in [-0.39, 0.29) is 17.4 Å². The van der Waals surface area contributed by atoms with Gasteiger partial charge in [-0.15, -0.1) is 0 Å². The summed E-state index contributed by atoms with van der Waals surface area (Å²) < 4.78 is 13.9. The van der Waals surface area contributed by atoms with Gasteiger partial charge in [-0.25, -0.2) is 9.69 Å². The van der Waals surface area contributed by atoms with E-state index in [0.717, 1.165) is 55.6 Å². The molecular formula is C44H37BrIN3O5. The van der Waals surface area contributed by atoms with Crippen molar-refractivity contribution in [2.24, 2.45) is 0 Å². The molecule has 5 aromatic carbocycles. The van der Waals surface area contributed by atoms with Crippen LogP contribution in [0.15, 0.2) is 119 Å². The highest BCUT2D eigenvalue weighted by molar-refractivity contribution is 14.1. The molecule has 1 N–H and O–H groups in total. The first kappa shape index (κ1) is 36.1. The molecule has 0 radical (unpaired) electrons. The van der Waals surface area contributed by atoms with Crippen LogP contribution in [0.5, 0.6) is 11.5 Å². The number of benzene rings is 5. The van der Waals surface area contributed by atoms with Gasteiger partial charge in [-0.1, -0.05) is 88.7 Å². The van der Waals surface area contributed by atoms with Gasteiger partial charge in [-0.05, 0) is 118 Å². The van der Waals surface area contributed by atoms with E-state index in [0.29, 0.717) is 36.0 Å². The van der Waals surface area contributed by atoms with Crippen LogP contribution in [0.1, 0.15) is 65.0 Å². The highest BCUT2D eigenvalue weighted by Crippen LogP contribution is 2.50. The van der Waals surface area contributed by atoms with Crippen LogP contribution in [0.3, 0.4) is 0 Å². The van der Waals surface area contributed by atoms with E-state index in [9.17, 15) is 14.4 Å². The van der Waals surface area contributed by atoms with Gasteiger partial charge in [0, 0.05) is 35.1 Å². The molecule has 0 spiro atoms. The van der Waals surface area contributed by atoms with Crippen LogP contribution >= 0.6 is 38.5 Å². The zero-order chi connectivity index (χ0) is 37.3. The molecule has 10 heteroatoms. The minimum Gasteiger partial charge on any atom is -0.490 e. The van der Waals surface area contributed by atoms with Crippen molar-refractivity contribution in [3.8, 4) is 11.5 Å². The summed E-state index contributed by atoms with van der Waals surface area (Å²) in [6.07, 6.45) is 3.33. The van der Waals surface area contributed by atoms with Crippen molar-refractivity contribution in [2.45, 2.75) is 38.2 Å². The lowest BCUT2D eigenvalue weighted by Crippen LogP contribution is -2.54. The molecule has 2 atom stereocenters. The van der Waals surface area contributed by atoms with Gasteiger partial charge in [0.1, 0.15) is 12.2 Å². The third-order valence-corrected chi connectivity index (χ3v) is 11.6. The number of ether oxygens (including phenoxy) is 2. The summed E-state index contributed by atoms with van der Waals surface area (Å²) in [4.78, 5) is 45.1. The van der Waals surface area contributed by atoms with Crippen molar-refractivity contribution in [3.63, 3.8) is 0 Å². The number of barbiturate groups is 1. The second-order valence-corrected chi connectivity index (χ2v) is 15.7. The first-order chi connectivity index (χ1) is 26.3. The molecule has 0 unspecified atom stereocenters. The van der Waals surface area contributed by atoms with Crippen LogP contribution in [0.2, 0.25) is 0 Å². The highest BCUT2D eigenvalue weighted by atomic mass is 127. The minimum atomic E-state index is -0.772. The number of rotatable bonds is 9. The number of nitrogens with one attached hydrogen (secondary N) is 1. The van der Waals surface area contributed by atoms with Gasteiger partial charge < -0.3 is 14.4 Å². The Morgan fingerprint density at radius 2 is 1.43 bits per heavy atom. The van der Waals surface area contributed by atoms with Crippen molar-refractivity contribution in [1.29, 1.82) is 0 Å². The van der Waals surface area contributed by atoms with Gasteiger partial charge in [0.05, 0.1) is 15.9 Å². The minimum absolute atomic E-state index is 0.0776. The monoisotopic (exact) mass is 893 g/mol. The van der Waals surface area contributed by atoms with E-state index in [1.165, 1.54) is 22.9 Å². The van der Waals surface area contributed by atoms with Gasteiger partial charge in [0.15, 0.2) is 11.5 Å². The lowest BCUT2D eigenvalue weighted by Gasteiger charge is -2.44. The summed E-state index contributed by atoms with van der Waals surface area (Å²) in [6, 6.07) is 35.5. The van der Waals surface area contributed by atoms with Crippen LogP contribution < -0.4 is 24.6 Å². The molecule has 0 aromatic heterocycles. The van der Waals surface area contributed by atoms with Crippen molar-refractivity contribution >= 4 is 73.8 Å². The number of nitrogens with zero attached hydrogens (tertiary/aromatic N) is 2. The zero-order valence-electron chi connectivity index (χ0n) is 29.6. The Labute approximate surface area is 336 Å². The van der Waals surface area contributed by atoms with Gasteiger partial charge in [-0.3, -0.25) is 14.9 Å². The van der Waals surface area contributed by atoms with Crippen LogP contribution in [-0.2, 0) is 16.2 Å². The van der Waals surface area contributed by atoms with Crippen LogP contribution in [0.4, 0.5) is 16.2 Å². The molecule has 0 aliphatic carbocycles. The summed E-state index contributed by atoms with van der Waals surface area (Å²) in [5.74, 6) is -0.225. The summed E-state index contributed by atoms with van der Waals surface area (Å²) in [5, 5.41) is 2.45. The Morgan fingerprint density at radius 1 is 0.815 bits per heavy atom. The molecular weight excluding hydrogens is 857 g/mol. The van der Waals surface area contributed by atoms with Crippen molar-refractivity contribution in [3.05, 3.63) is 156 Å². The number of hydrogen-bond acceptors (Lipinski definition) is 6. The third-order valence-electron chi connectivity index (χ3n) is 10.3. The molecule has 1 fully saturated rings. The molecule has 8 rings (SSSR count). The Hall–Kier alpha value is -4.94. The lowest BCUT2D eigenvalue weighted by molar-refractivity contribution is -0.122. The van der Waals surface area contributed by atoms with E-state index in [4.69, 9.17) is 9.47 Å². The largest absolute Gasteiger partial charge is 0.490 e. The van der Waals surface area contributed by atoms with Gasteiger partial charge in [0.2, 0.25) is 0 Å². The van der Waals surface area contributed by atoms with Crippen molar-refractivity contribution < 1.29 is 23.9 Å². The van der Waals surface area contributed by atoms with E-state index < -0.39 is 17.8 Å². The fourth-order valence-electron chi connectivity index (χ4n) is 7.84. The number of halogens is 2. The molecule has 0 bridgehead atoms. The van der Waals surface area contributed by atoms with Gasteiger partial charge in [0.25, 0.3) is 11.8 Å². The SMILES string of the molecule is CCOc1cc(/C=C2\C(=O)NC(=O)N(c3cc4c5c(c3)[C@@H](c3ccccc3)CCN5CC[C@@H]4c3ccccc3)C2=O)cc(I)c1OCc1ccc(Br)cc1.